The van der Waals surface area contributed by atoms with Crippen LogP contribution in [0.4, 0.5) is 9.52 Å². The van der Waals surface area contributed by atoms with Crippen molar-refractivity contribution in [3.05, 3.63) is 46.2 Å². The summed E-state index contributed by atoms with van der Waals surface area (Å²) in [6.45, 7) is 1.63. The first-order chi connectivity index (χ1) is 8.06. The molecule has 0 saturated carbocycles. The van der Waals surface area contributed by atoms with Gasteiger partial charge in [-0.2, -0.15) is 0 Å². The van der Waals surface area contributed by atoms with Crippen molar-refractivity contribution >= 4 is 22.3 Å². The van der Waals surface area contributed by atoms with Crippen molar-refractivity contribution in [3.63, 3.8) is 0 Å². The number of aromatic nitrogens is 1. The molecule has 17 heavy (non-hydrogen) atoms. The van der Waals surface area contributed by atoms with Crippen molar-refractivity contribution in [2.75, 3.05) is 5.73 Å². The number of Topliss-reactive ketones (excluding diaryl/α,β-unsaturated/α-hetero) is 1. The van der Waals surface area contributed by atoms with Crippen molar-refractivity contribution in [3.8, 4) is 0 Å². The molecule has 1 aromatic carbocycles. The van der Waals surface area contributed by atoms with E-state index in [2.05, 4.69) is 4.98 Å². The molecule has 2 rings (SSSR count). The number of benzene rings is 1. The molecule has 0 saturated heterocycles. The molecule has 0 radical (unpaired) electrons. The number of nitrogens with zero attached hydrogens (tertiary/aromatic N) is 1. The Morgan fingerprint density at radius 1 is 1.53 bits per heavy atom. The Morgan fingerprint density at radius 2 is 2.29 bits per heavy atom. The molecule has 2 N–H and O–H groups in total. The number of hydrogen-bond acceptors (Lipinski definition) is 4. The van der Waals surface area contributed by atoms with Gasteiger partial charge in [0.1, 0.15) is 5.82 Å². The second-order valence-corrected chi connectivity index (χ2v) is 4.63. The van der Waals surface area contributed by atoms with E-state index in [1.165, 1.54) is 23.5 Å². The highest BCUT2D eigenvalue weighted by molar-refractivity contribution is 7.13. The Balaban J connectivity index is 2.17. The second-order valence-electron chi connectivity index (χ2n) is 3.74. The van der Waals surface area contributed by atoms with Crippen LogP contribution in [0.1, 0.15) is 21.6 Å². The van der Waals surface area contributed by atoms with Crippen LogP contribution in [0.15, 0.2) is 23.6 Å². The minimum absolute atomic E-state index is 0.0848. The highest BCUT2D eigenvalue weighted by Crippen LogP contribution is 2.15. The molecule has 0 spiro atoms. The van der Waals surface area contributed by atoms with Crippen LogP contribution in [-0.4, -0.2) is 10.8 Å². The van der Waals surface area contributed by atoms with Crippen molar-refractivity contribution < 1.29 is 9.18 Å². The lowest BCUT2D eigenvalue weighted by Crippen LogP contribution is -2.04. The van der Waals surface area contributed by atoms with E-state index in [9.17, 15) is 9.18 Å². The summed E-state index contributed by atoms with van der Waals surface area (Å²) in [7, 11) is 0. The predicted octanol–water partition coefficient (Wildman–Crippen LogP) is 2.60. The first-order valence-corrected chi connectivity index (χ1v) is 5.93. The van der Waals surface area contributed by atoms with Gasteiger partial charge in [0.25, 0.3) is 0 Å². The van der Waals surface area contributed by atoms with Gasteiger partial charge < -0.3 is 5.73 Å². The molecule has 3 nitrogen and oxygen atoms in total. The molecule has 0 aliphatic rings. The molecular weight excluding hydrogens is 239 g/mol. The van der Waals surface area contributed by atoms with Gasteiger partial charge in [-0.3, -0.25) is 4.79 Å². The lowest BCUT2D eigenvalue weighted by Gasteiger charge is -2.01. The number of thiazole rings is 1. The van der Waals surface area contributed by atoms with Gasteiger partial charge in [0.15, 0.2) is 10.9 Å². The van der Waals surface area contributed by atoms with E-state index in [1.54, 1.807) is 18.4 Å². The van der Waals surface area contributed by atoms with Gasteiger partial charge >= 0.3 is 0 Å². The smallest absolute Gasteiger partial charge is 0.180 e. The van der Waals surface area contributed by atoms with Crippen LogP contribution >= 0.6 is 11.3 Å². The molecule has 0 atom stereocenters. The van der Waals surface area contributed by atoms with Gasteiger partial charge in [-0.25, -0.2) is 9.37 Å². The average Bonchev–Trinajstić information content (AvgIpc) is 2.68. The third kappa shape index (κ3) is 2.68. The maximum Gasteiger partial charge on any atom is 0.180 e. The van der Waals surface area contributed by atoms with E-state index < -0.39 is 0 Å². The molecule has 5 heteroatoms. The van der Waals surface area contributed by atoms with Gasteiger partial charge in [0, 0.05) is 10.9 Å². The molecule has 0 bridgehead atoms. The fourth-order valence-corrected chi connectivity index (χ4v) is 2.05. The van der Waals surface area contributed by atoms with Crippen molar-refractivity contribution in [1.82, 2.24) is 4.98 Å². The maximum atomic E-state index is 13.1. The van der Waals surface area contributed by atoms with Crippen LogP contribution in [0.25, 0.3) is 0 Å². The molecular formula is C12H11FN2OS. The molecule has 88 valence electrons. The average molecular weight is 250 g/mol. The monoisotopic (exact) mass is 250 g/mol. The predicted molar refractivity (Wildman–Crippen MR) is 65.7 cm³/mol. The zero-order valence-electron chi connectivity index (χ0n) is 9.24. The van der Waals surface area contributed by atoms with Crippen LogP contribution in [0, 0.1) is 12.7 Å². The topological polar surface area (TPSA) is 56.0 Å². The summed E-state index contributed by atoms with van der Waals surface area (Å²) < 4.78 is 13.1. The van der Waals surface area contributed by atoms with Crippen molar-refractivity contribution in [2.24, 2.45) is 0 Å². The fraction of sp³-hybridized carbons (Fsp3) is 0.167. The van der Waals surface area contributed by atoms with Gasteiger partial charge in [-0.15, -0.1) is 11.3 Å². The number of anilines is 1. The number of aryl methyl sites for hydroxylation is 1. The summed E-state index contributed by atoms with van der Waals surface area (Å²) in [4.78, 5) is 15.9. The summed E-state index contributed by atoms with van der Waals surface area (Å²) in [6.07, 6.45) is 0.193. The molecule has 1 aromatic heterocycles. The number of hydrogen-bond donors (Lipinski definition) is 1. The van der Waals surface area contributed by atoms with Crippen LogP contribution in [0.2, 0.25) is 0 Å². The first kappa shape index (κ1) is 11.7. The lowest BCUT2D eigenvalue weighted by atomic mass is 10.0. The number of rotatable bonds is 3. The molecule has 0 fully saturated rings. The van der Waals surface area contributed by atoms with Crippen LogP contribution in [-0.2, 0) is 6.42 Å². The number of nitrogens with two attached hydrogens (primary N) is 1. The van der Waals surface area contributed by atoms with E-state index in [0.29, 0.717) is 22.0 Å². The summed E-state index contributed by atoms with van der Waals surface area (Å²) in [6, 6.07) is 4.34. The van der Waals surface area contributed by atoms with Gasteiger partial charge in [-0.1, -0.05) is 0 Å². The van der Waals surface area contributed by atoms with E-state index in [0.717, 1.165) is 0 Å². The molecule has 0 aliphatic carbocycles. The highest BCUT2D eigenvalue weighted by Gasteiger charge is 2.10. The van der Waals surface area contributed by atoms with E-state index in [-0.39, 0.29) is 18.0 Å². The molecule has 0 amide bonds. The third-order valence-corrected chi connectivity index (χ3v) is 3.11. The normalized spacial score (nSPS) is 10.5. The van der Waals surface area contributed by atoms with Crippen LogP contribution in [0.3, 0.4) is 0 Å². The van der Waals surface area contributed by atoms with E-state index >= 15 is 0 Å². The quantitative estimate of drug-likeness (QED) is 0.852. The molecule has 0 aliphatic heterocycles. The number of nitrogen functional groups attached to an aromatic ring is 1. The zero-order valence-corrected chi connectivity index (χ0v) is 10.1. The molecule has 2 aromatic rings. The van der Waals surface area contributed by atoms with Crippen molar-refractivity contribution in [1.29, 1.82) is 0 Å². The van der Waals surface area contributed by atoms with E-state index in [4.69, 9.17) is 5.73 Å². The van der Waals surface area contributed by atoms with Gasteiger partial charge in [-0.05, 0) is 30.7 Å². The lowest BCUT2D eigenvalue weighted by molar-refractivity contribution is 0.0992. The Labute approximate surface area is 102 Å². The van der Waals surface area contributed by atoms with Gasteiger partial charge in [0.05, 0.1) is 12.1 Å². The van der Waals surface area contributed by atoms with Gasteiger partial charge in [0.2, 0.25) is 0 Å². The minimum Gasteiger partial charge on any atom is -0.375 e. The number of carbonyl (C=O) groups is 1. The summed E-state index contributed by atoms with van der Waals surface area (Å²) in [5.74, 6) is -0.391. The Bertz CT molecular complexity index is 565. The Kier molecular flexibility index (Phi) is 3.19. The molecule has 0 unspecified atom stereocenters. The Morgan fingerprint density at radius 3 is 2.88 bits per heavy atom. The standard InChI is InChI=1S/C12H11FN2OS/c1-7-4-8(2-3-10(7)13)11(16)5-9-6-17-12(14)15-9/h2-4,6H,5H2,1H3,(H2,14,15). The Hall–Kier alpha value is -1.75. The number of carbonyl (C=O) groups excluding carboxylic acids is 1. The largest absolute Gasteiger partial charge is 0.375 e. The van der Waals surface area contributed by atoms with Crippen LogP contribution < -0.4 is 5.73 Å². The number of halogens is 1. The SMILES string of the molecule is Cc1cc(C(=O)Cc2csc(N)n2)ccc1F. The zero-order chi connectivity index (χ0) is 12.4. The fourth-order valence-electron chi connectivity index (χ4n) is 1.49. The summed E-state index contributed by atoms with van der Waals surface area (Å²) >= 11 is 1.30. The van der Waals surface area contributed by atoms with Crippen LogP contribution in [0.5, 0.6) is 0 Å². The summed E-state index contributed by atoms with van der Waals surface area (Å²) in [5.41, 5.74) is 7.10. The van der Waals surface area contributed by atoms with Crippen molar-refractivity contribution in [2.45, 2.75) is 13.3 Å². The minimum atomic E-state index is -0.306. The number of ketones is 1. The molecule has 1 heterocycles. The maximum absolute atomic E-state index is 13.1. The summed E-state index contributed by atoms with van der Waals surface area (Å²) in [5, 5.41) is 2.20. The highest BCUT2D eigenvalue weighted by atomic mass is 32.1. The first-order valence-electron chi connectivity index (χ1n) is 5.05. The van der Waals surface area contributed by atoms with E-state index in [1.807, 2.05) is 0 Å². The third-order valence-electron chi connectivity index (χ3n) is 2.39. The second kappa shape index (κ2) is 4.63.